The lowest BCUT2D eigenvalue weighted by molar-refractivity contribution is -0.303. The number of hydrogen-bond donors (Lipinski definition) is 8. The largest absolute Gasteiger partial charge is 0.459 e. The van der Waals surface area contributed by atoms with Gasteiger partial charge in [-0.15, -0.1) is 0 Å². The number of amides is 2. The minimum Gasteiger partial charge on any atom is -0.459 e. The molecule has 3 heterocycles. The molecule has 0 aliphatic carbocycles. The summed E-state index contributed by atoms with van der Waals surface area (Å²) in [5.74, 6) is -3.72. The van der Waals surface area contributed by atoms with Crippen LogP contribution in [0, 0.1) is 23.7 Å². The van der Waals surface area contributed by atoms with Crippen LogP contribution in [0.25, 0.3) is 0 Å². The molecule has 0 bridgehead atoms. The highest BCUT2D eigenvalue weighted by Crippen LogP contribution is 2.45. The Kier molecular flexibility index (Phi) is 22.1. The Morgan fingerprint density at radius 1 is 0.900 bits per heavy atom. The average Bonchev–Trinajstić information content (AvgIpc) is 3.30. The smallest absolute Gasteiger partial charge is 0.309 e. The molecule has 4 rings (SSSR count). The van der Waals surface area contributed by atoms with Gasteiger partial charge >= 0.3 is 5.97 Å². The maximum Gasteiger partial charge on any atom is 0.309 e. The maximum atomic E-state index is 14.6. The minimum atomic E-state index is -1.82. The van der Waals surface area contributed by atoms with Gasteiger partial charge in [-0.2, -0.15) is 0 Å². The van der Waals surface area contributed by atoms with Crippen molar-refractivity contribution in [3.05, 3.63) is 29.8 Å². The minimum absolute atomic E-state index is 0.107. The van der Waals surface area contributed by atoms with Gasteiger partial charge in [-0.05, 0) is 117 Å². The molecule has 3 aliphatic rings. The SMILES string of the molecule is CC[C@H]1OC(=O)[C@H](C)[C@@H](C2C[C@@](C)(OC)[C@@H](O)[C@H](C)O2)[C@H](C)[C@@H](O[C@@H]2O[C@H](C)C[C@H](N(C)Cc3ccc(NC(=O)CCCCCCC(=O)NO)cc3)[C@H]2O)[C@](C)(O)C[C@@H](C)CN(C)[C@H](C)[C@@H](O)[C@]1(C)O. The fourth-order valence-corrected chi connectivity index (χ4v) is 11.5. The van der Waals surface area contributed by atoms with E-state index in [9.17, 15) is 39.9 Å². The van der Waals surface area contributed by atoms with Gasteiger partial charge < -0.3 is 59.4 Å². The molecule has 3 fully saturated rings. The van der Waals surface area contributed by atoms with E-state index in [-0.39, 0.29) is 43.6 Å². The molecule has 1 aromatic carbocycles. The number of aliphatic hydroxyl groups excluding tert-OH is 3. The van der Waals surface area contributed by atoms with Crippen LogP contribution >= 0.6 is 0 Å². The number of carbonyl (C=O) groups is 3. The first kappa shape index (κ1) is 59.7. The summed E-state index contributed by atoms with van der Waals surface area (Å²) in [5, 5.41) is 71.6. The number of nitrogens with zero attached hydrogens (tertiary/aromatic N) is 2. The van der Waals surface area contributed by atoms with Crippen LogP contribution in [0.3, 0.4) is 0 Å². The fourth-order valence-electron chi connectivity index (χ4n) is 11.5. The first-order chi connectivity index (χ1) is 32.7. The summed E-state index contributed by atoms with van der Waals surface area (Å²) in [4.78, 5) is 42.4. The topological polar surface area (TPSA) is 249 Å². The molecule has 3 aliphatic heterocycles. The van der Waals surface area contributed by atoms with Crippen molar-refractivity contribution in [2.45, 2.75) is 224 Å². The first-order valence-corrected chi connectivity index (χ1v) is 25.6. The summed E-state index contributed by atoms with van der Waals surface area (Å²) in [6.07, 6.45) is -4.07. The predicted octanol–water partition coefficient (Wildman–Crippen LogP) is 4.53. The molecule has 2 amide bonds. The summed E-state index contributed by atoms with van der Waals surface area (Å²) in [5.41, 5.74) is -1.26. The number of rotatable bonds is 16. The van der Waals surface area contributed by atoms with Gasteiger partial charge in [0.1, 0.15) is 30.0 Å². The van der Waals surface area contributed by atoms with E-state index in [4.69, 9.17) is 28.9 Å². The average molecular weight is 995 g/mol. The lowest BCUT2D eigenvalue weighted by Crippen LogP contribution is -2.62. The fraction of sp³-hybridized carbons (Fsp3) is 0.827. The summed E-state index contributed by atoms with van der Waals surface area (Å²) < 4.78 is 32.1. The number of anilines is 1. The highest BCUT2D eigenvalue weighted by Gasteiger charge is 2.55. The molecular formula is C52H90N4O14. The standard InChI is InChI=1S/C52H90N4O14/c1-14-40-52(10,64)45(60)34(6)55(11)28-30(2)26-50(8,63)47(32(4)43(33(5)48(62)69-40)39-27-51(9,66-13)46(61)35(7)68-39)70-49-44(59)38(25-31(3)67-49)56(12)29-36-21-23-37(24-22-36)53-41(57)19-17-15-16-18-20-42(58)54-65/h21-24,30-35,38-40,43-47,49,59-61,63-65H,14-20,25-29H2,1-13H3,(H,53,57)(H,54,58)/t30-,31-,32+,33-,34-,35+,38+,39?,40-,43+,44-,45-,46+,47-,49+,50-,51-,52-/m1/s1. The summed E-state index contributed by atoms with van der Waals surface area (Å²) in [6, 6.07) is 6.53. The summed E-state index contributed by atoms with van der Waals surface area (Å²) in [7, 11) is 5.28. The molecule has 70 heavy (non-hydrogen) atoms. The molecule has 8 N–H and O–H groups in total. The maximum absolute atomic E-state index is 14.6. The second kappa shape index (κ2) is 25.9. The van der Waals surface area contributed by atoms with Crippen molar-refractivity contribution in [2.75, 3.05) is 33.1 Å². The first-order valence-electron chi connectivity index (χ1n) is 25.6. The van der Waals surface area contributed by atoms with Crippen molar-refractivity contribution in [1.82, 2.24) is 15.3 Å². The molecular weight excluding hydrogens is 905 g/mol. The van der Waals surface area contributed by atoms with Crippen LogP contribution in [0.5, 0.6) is 0 Å². The van der Waals surface area contributed by atoms with Gasteiger partial charge in [0.25, 0.3) is 0 Å². The quantitative estimate of drug-likeness (QED) is 0.0491. The number of benzene rings is 1. The van der Waals surface area contributed by atoms with Crippen molar-refractivity contribution in [2.24, 2.45) is 23.7 Å². The highest BCUT2D eigenvalue weighted by atomic mass is 16.7. The van der Waals surface area contributed by atoms with E-state index in [0.29, 0.717) is 44.5 Å². The summed E-state index contributed by atoms with van der Waals surface area (Å²) in [6.45, 7) is 18.7. The number of cyclic esters (lactones) is 1. The Bertz CT molecular complexity index is 1810. The Balaban J connectivity index is 1.63. The van der Waals surface area contributed by atoms with Crippen LogP contribution in [-0.2, 0) is 44.6 Å². The number of hydrogen-bond acceptors (Lipinski definition) is 16. The van der Waals surface area contributed by atoms with Crippen molar-refractivity contribution in [1.29, 1.82) is 0 Å². The van der Waals surface area contributed by atoms with Gasteiger partial charge in [0.2, 0.25) is 11.8 Å². The molecule has 1 unspecified atom stereocenters. The van der Waals surface area contributed by atoms with Crippen LogP contribution in [-0.4, -0.2) is 170 Å². The van der Waals surface area contributed by atoms with Gasteiger partial charge in [-0.3, -0.25) is 24.5 Å². The van der Waals surface area contributed by atoms with E-state index in [1.807, 2.05) is 68.9 Å². The van der Waals surface area contributed by atoms with Gasteiger partial charge in [-0.1, -0.05) is 52.7 Å². The van der Waals surface area contributed by atoms with E-state index in [0.717, 1.165) is 18.4 Å². The van der Waals surface area contributed by atoms with Crippen molar-refractivity contribution in [3.8, 4) is 0 Å². The molecule has 0 saturated carbocycles. The molecule has 18 heteroatoms. The normalized spacial score (nSPS) is 39.7. The van der Waals surface area contributed by atoms with Crippen molar-refractivity contribution in [3.63, 3.8) is 0 Å². The Hall–Kier alpha value is -2.85. The van der Waals surface area contributed by atoms with Crippen LogP contribution in [0.4, 0.5) is 5.69 Å². The molecule has 0 spiro atoms. The molecule has 0 aromatic heterocycles. The van der Waals surface area contributed by atoms with E-state index in [1.165, 1.54) is 14.0 Å². The second-order valence-electron chi connectivity index (χ2n) is 21.9. The third kappa shape index (κ3) is 15.1. The van der Waals surface area contributed by atoms with Crippen LogP contribution in [0.15, 0.2) is 24.3 Å². The predicted molar refractivity (Wildman–Crippen MR) is 263 cm³/mol. The lowest BCUT2D eigenvalue weighted by atomic mass is 9.68. The van der Waals surface area contributed by atoms with E-state index < -0.39 is 108 Å². The number of likely N-dealkylation sites (N-methyl/N-ethyl adjacent to an activating group) is 2. The molecule has 18 atom stereocenters. The zero-order valence-electron chi connectivity index (χ0n) is 44.3. The zero-order chi connectivity index (χ0) is 52.5. The van der Waals surface area contributed by atoms with Gasteiger partial charge in [-0.25, -0.2) is 5.48 Å². The van der Waals surface area contributed by atoms with Crippen LogP contribution in [0.1, 0.15) is 139 Å². The van der Waals surface area contributed by atoms with E-state index in [1.54, 1.807) is 47.0 Å². The summed E-state index contributed by atoms with van der Waals surface area (Å²) >= 11 is 0. The van der Waals surface area contributed by atoms with Crippen molar-refractivity contribution < 1.29 is 68.8 Å². The number of ether oxygens (including phenoxy) is 5. The Morgan fingerprint density at radius 2 is 1.51 bits per heavy atom. The number of unbranched alkanes of at least 4 members (excludes halogenated alkanes) is 3. The van der Waals surface area contributed by atoms with Gasteiger partial charge in [0.15, 0.2) is 6.29 Å². The highest BCUT2D eigenvalue weighted by molar-refractivity contribution is 5.90. The second-order valence-corrected chi connectivity index (χ2v) is 21.9. The molecule has 0 radical (unpaired) electrons. The van der Waals surface area contributed by atoms with Crippen molar-refractivity contribution >= 4 is 23.5 Å². The third-order valence-corrected chi connectivity index (χ3v) is 15.8. The third-order valence-electron chi connectivity index (χ3n) is 15.8. The zero-order valence-corrected chi connectivity index (χ0v) is 44.3. The number of methoxy groups -OCH3 is 1. The van der Waals surface area contributed by atoms with E-state index >= 15 is 0 Å². The number of carbonyl (C=O) groups excluding carboxylic acids is 3. The molecule has 3 saturated heterocycles. The number of nitrogens with one attached hydrogen (secondary N) is 2. The monoisotopic (exact) mass is 995 g/mol. The van der Waals surface area contributed by atoms with Gasteiger partial charge in [0.05, 0.1) is 41.5 Å². The Morgan fingerprint density at radius 3 is 2.10 bits per heavy atom. The van der Waals surface area contributed by atoms with Crippen LogP contribution < -0.4 is 10.8 Å². The van der Waals surface area contributed by atoms with Crippen LogP contribution in [0.2, 0.25) is 0 Å². The van der Waals surface area contributed by atoms with E-state index in [2.05, 4.69) is 5.32 Å². The molecule has 18 nitrogen and oxygen atoms in total. The molecule has 402 valence electrons. The number of esters is 1. The lowest BCUT2D eigenvalue weighted by Gasteiger charge is -2.51. The Labute approximate surface area is 417 Å². The number of aliphatic hydroxyl groups is 5. The van der Waals surface area contributed by atoms with Gasteiger partial charge in [0, 0.05) is 63.2 Å². The number of hydroxylamine groups is 1. The molecule has 1 aromatic rings.